The van der Waals surface area contributed by atoms with Crippen LogP contribution in [0.2, 0.25) is 0 Å². The number of para-hydroxylation sites is 1. The van der Waals surface area contributed by atoms with Crippen LogP contribution in [0.4, 0.5) is 0 Å². The van der Waals surface area contributed by atoms with Gasteiger partial charge in [0.15, 0.2) is 11.6 Å². The standard InChI is InChI=1S/C52H30IN3OS/c53-49-50(33-14-5-2-6-15-33)54-51(55-52(49)56-42-19-9-7-16-37(42)40-30-47-41(29-43(40)56)38-17-8-10-21-46(38)58-47)34-24-22-31(23-25-34)35-26-27-39-45(28-35)57-44-20-11-18-36(48(39)44)32-12-3-1-4-13-32/h1-30H. The zero-order valence-electron chi connectivity index (χ0n) is 30.9. The molecule has 4 heterocycles. The van der Waals surface area contributed by atoms with Crippen LogP contribution in [0.15, 0.2) is 186 Å². The Kier molecular flexibility index (Phi) is 7.65. The maximum atomic E-state index is 6.46. The Morgan fingerprint density at radius 2 is 1.16 bits per heavy atom. The maximum absolute atomic E-state index is 6.46. The van der Waals surface area contributed by atoms with Gasteiger partial charge < -0.3 is 4.42 Å². The van der Waals surface area contributed by atoms with Gasteiger partial charge in [0.05, 0.1) is 20.3 Å². The van der Waals surface area contributed by atoms with Gasteiger partial charge in [-0.15, -0.1) is 11.3 Å². The zero-order valence-corrected chi connectivity index (χ0v) is 33.8. The summed E-state index contributed by atoms with van der Waals surface area (Å²) in [6.45, 7) is 0. The number of aromatic nitrogens is 3. The van der Waals surface area contributed by atoms with Crippen molar-refractivity contribution in [2.75, 3.05) is 0 Å². The van der Waals surface area contributed by atoms with Gasteiger partial charge in [0, 0.05) is 52.8 Å². The van der Waals surface area contributed by atoms with E-state index in [4.69, 9.17) is 14.4 Å². The van der Waals surface area contributed by atoms with Gasteiger partial charge in [-0.25, -0.2) is 9.97 Å². The maximum Gasteiger partial charge on any atom is 0.162 e. The van der Waals surface area contributed by atoms with Crippen LogP contribution in [0.1, 0.15) is 0 Å². The predicted molar refractivity (Wildman–Crippen MR) is 251 cm³/mol. The van der Waals surface area contributed by atoms with Gasteiger partial charge in [-0.2, -0.15) is 0 Å². The van der Waals surface area contributed by atoms with Crippen molar-refractivity contribution in [2.24, 2.45) is 0 Å². The van der Waals surface area contributed by atoms with Crippen LogP contribution in [0.3, 0.4) is 0 Å². The molecule has 0 amide bonds. The summed E-state index contributed by atoms with van der Waals surface area (Å²) in [5.41, 5.74) is 11.5. The quantitative estimate of drug-likeness (QED) is 0.162. The SMILES string of the molecule is Ic1c(-c2ccccc2)nc(-c2ccc(-c3ccc4c(c3)oc3cccc(-c5ccccc5)c34)cc2)nc1-n1c2ccccc2c2cc3sc4ccccc4c3cc21. The highest BCUT2D eigenvalue weighted by molar-refractivity contribution is 14.1. The van der Waals surface area contributed by atoms with Gasteiger partial charge in [-0.05, 0) is 87.3 Å². The molecule has 12 rings (SSSR count). The molecule has 6 heteroatoms. The summed E-state index contributed by atoms with van der Waals surface area (Å²) in [7, 11) is 0. The van der Waals surface area contributed by atoms with E-state index in [1.165, 1.54) is 42.1 Å². The van der Waals surface area contributed by atoms with Crippen molar-refractivity contribution in [2.45, 2.75) is 0 Å². The molecule has 0 bridgehead atoms. The van der Waals surface area contributed by atoms with Crippen LogP contribution in [0.25, 0.3) is 115 Å². The number of thiophene rings is 1. The average molecular weight is 872 g/mol. The molecule has 0 saturated carbocycles. The zero-order chi connectivity index (χ0) is 38.3. The lowest BCUT2D eigenvalue weighted by Gasteiger charge is -2.15. The minimum absolute atomic E-state index is 0.676. The number of furan rings is 1. The minimum atomic E-state index is 0.676. The lowest BCUT2D eigenvalue weighted by molar-refractivity contribution is 0.669. The summed E-state index contributed by atoms with van der Waals surface area (Å²) < 4.78 is 12.4. The number of hydrogen-bond acceptors (Lipinski definition) is 4. The number of halogens is 1. The molecule has 0 saturated heterocycles. The first kappa shape index (κ1) is 33.5. The molecular weight excluding hydrogens is 842 g/mol. The summed E-state index contributed by atoms with van der Waals surface area (Å²) in [4.78, 5) is 10.7. The van der Waals surface area contributed by atoms with Crippen molar-refractivity contribution in [3.8, 4) is 50.7 Å². The highest BCUT2D eigenvalue weighted by atomic mass is 127. The third kappa shape index (κ3) is 5.25. The van der Waals surface area contributed by atoms with E-state index < -0.39 is 0 Å². The topological polar surface area (TPSA) is 43.9 Å². The van der Waals surface area contributed by atoms with Crippen LogP contribution in [0, 0.1) is 3.57 Å². The summed E-state index contributed by atoms with van der Waals surface area (Å²) in [6.07, 6.45) is 0. The Morgan fingerprint density at radius 3 is 1.98 bits per heavy atom. The molecule has 58 heavy (non-hydrogen) atoms. The smallest absolute Gasteiger partial charge is 0.162 e. The molecule has 0 unspecified atom stereocenters. The molecule has 0 aliphatic heterocycles. The largest absolute Gasteiger partial charge is 0.456 e. The number of fused-ring (bicyclic) bond motifs is 9. The molecule has 272 valence electrons. The number of rotatable bonds is 5. The van der Waals surface area contributed by atoms with Crippen molar-refractivity contribution in [3.63, 3.8) is 0 Å². The van der Waals surface area contributed by atoms with Crippen molar-refractivity contribution in [3.05, 3.63) is 186 Å². The van der Waals surface area contributed by atoms with Crippen molar-refractivity contribution in [1.29, 1.82) is 0 Å². The van der Waals surface area contributed by atoms with Crippen molar-refractivity contribution in [1.82, 2.24) is 14.5 Å². The molecule has 4 aromatic heterocycles. The Bertz CT molecular complexity index is 3570. The third-order valence-corrected chi connectivity index (χ3v) is 13.4. The van der Waals surface area contributed by atoms with Gasteiger partial charge in [-0.1, -0.05) is 140 Å². The average Bonchev–Trinajstić information content (AvgIpc) is 3.95. The fourth-order valence-electron chi connectivity index (χ4n) is 8.59. The predicted octanol–water partition coefficient (Wildman–Crippen LogP) is 15.1. The minimum Gasteiger partial charge on any atom is -0.456 e. The third-order valence-electron chi connectivity index (χ3n) is 11.3. The van der Waals surface area contributed by atoms with Gasteiger partial charge in [0.1, 0.15) is 11.2 Å². The first-order chi connectivity index (χ1) is 28.7. The van der Waals surface area contributed by atoms with Crippen LogP contribution in [-0.4, -0.2) is 14.5 Å². The van der Waals surface area contributed by atoms with Gasteiger partial charge in [-0.3, -0.25) is 4.57 Å². The van der Waals surface area contributed by atoms with Crippen LogP contribution < -0.4 is 0 Å². The van der Waals surface area contributed by atoms with E-state index in [-0.39, 0.29) is 0 Å². The normalized spacial score (nSPS) is 11.9. The van der Waals surface area contributed by atoms with Gasteiger partial charge in [0.25, 0.3) is 0 Å². The second kappa shape index (κ2) is 13.2. The Hall–Kier alpha value is -6.61. The summed E-state index contributed by atoms with van der Waals surface area (Å²) >= 11 is 4.31. The number of benzene rings is 8. The Labute approximate surface area is 350 Å². The molecule has 0 aliphatic rings. The molecule has 0 aliphatic carbocycles. The first-order valence-electron chi connectivity index (χ1n) is 19.3. The molecule has 0 fully saturated rings. The number of hydrogen-bond donors (Lipinski definition) is 0. The van der Waals surface area contributed by atoms with E-state index in [1.54, 1.807) is 0 Å². The molecule has 4 nitrogen and oxygen atoms in total. The molecule has 0 N–H and O–H groups in total. The van der Waals surface area contributed by atoms with Crippen LogP contribution in [0.5, 0.6) is 0 Å². The molecule has 0 radical (unpaired) electrons. The second-order valence-corrected chi connectivity index (χ2v) is 16.8. The van der Waals surface area contributed by atoms with Crippen LogP contribution in [-0.2, 0) is 0 Å². The fourth-order valence-corrected chi connectivity index (χ4v) is 10.5. The van der Waals surface area contributed by atoms with Crippen molar-refractivity contribution < 1.29 is 4.42 Å². The van der Waals surface area contributed by atoms with E-state index in [2.05, 4.69) is 203 Å². The molecule has 0 spiro atoms. The molecule has 0 atom stereocenters. The van der Waals surface area contributed by atoms with E-state index in [0.29, 0.717) is 5.82 Å². The van der Waals surface area contributed by atoms with Gasteiger partial charge in [0.2, 0.25) is 0 Å². The lowest BCUT2D eigenvalue weighted by Crippen LogP contribution is -2.06. The second-order valence-electron chi connectivity index (χ2n) is 14.7. The van der Waals surface area contributed by atoms with Crippen LogP contribution >= 0.6 is 33.9 Å². The van der Waals surface area contributed by atoms with Crippen molar-refractivity contribution >= 4 is 97.8 Å². The Morgan fingerprint density at radius 1 is 0.448 bits per heavy atom. The Balaban J connectivity index is 1.01. The molecule has 12 aromatic rings. The van der Waals surface area contributed by atoms with Gasteiger partial charge >= 0.3 is 0 Å². The van der Waals surface area contributed by atoms with E-state index in [0.717, 1.165) is 70.3 Å². The highest BCUT2D eigenvalue weighted by Gasteiger charge is 2.22. The first-order valence-corrected chi connectivity index (χ1v) is 21.2. The summed E-state index contributed by atoms with van der Waals surface area (Å²) in [5, 5.41) is 7.22. The fraction of sp³-hybridized carbons (Fsp3) is 0. The number of nitrogens with zero attached hydrogens (tertiary/aromatic N) is 3. The van der Waals surface area contributed by atoms with E-state index in [1.807, 2.05) is 17.4 Å². The summed E-state index contributed by atoms with van der Waals surface area (Å²) in [6, 6.07) is 64.5. The monoisotopic (exact) mass is 871 g/mol. The van der Waals surface area contributed by atoms with E-state index in [9.17, 15) is 0 Å². The highest BCUT2D eigenvalue weighted by Crippen LogP contribution is 2.43. The van der Waals surface area contributed by atoms with E-state index >= 15 is 0 Å². The molecule has 8 aromatic carbocycles. The summed E-state index contributed by atoms with van der Waals surface area (Å²) in [5.74, 6) is 1.54. The lowest BCUT2D eigenvalue weighted by atomic mass is 9.98. The molecular formula is C52H30IN3OS.